The molecule has 134 valence electrons. The molecule has 3 amide bonds. The molecule has 0 unspecified atom stereocenters. The number of carbonyl (C=O) groups is 3. The number of rotatable bonds is 1. The number of nitrogens with one attached hydrogen (secondary N) is 3. The molecule has 0 fully saturated rings. The van der Waals surface area contributed by atoms with Gasteiger partial charge in [-0.1, -0.05) is 12.2 Å². The van der Waals surface area contributed by atoms with Gasteiger partial charge in [0.1, 0.15) is 11.8 Å². The third-order valence-corrected chi connectivity index (χ3v) is 3.81. The van der Waals surface area contributed by atoms with Gasteiger partial charge in [-0.15, -0.1) is 0 Å². The first-order chi connectivity index (χ1) is 12.0. The van der Waals surface area contributed by atoms with Crippen molar-refractivity contribution in [1.29, 1.82) is 0 Å². The molecule has 0 aliphatic carbocycles. The van der Waals surface area contributed by atoms with E-state index < -0.39 is 11.9 Å². The summed E-state index contributed by atoms with van der Waals surface area (Å²) >= 11 is 0. The number of allylic oxidation sites excluding steroid dienone is 1. The Labute approximate surface area is 146 Å². The number of benzene rings is 1. The van der Waals surface area contributed by atoms with Crippen LogP contribution in [0.2, 0.25) is 0 Å². The number of methoxy groups -OCH3 is 1. The van der Waals surface area contributed by atoms with Gasteiger partial charge in [-0.3, -0.25) is 14.4 Å². The number of carbonyl (C=O) groups excluding carboxylic acids is 3. The maximum atomic E-state index is 12.3. The number of fused-ring (bicyclic) bond motifs is 1. The lowest BCUT2D eigenvalue weighted by Gasteiger charge is -2.16. The monoisotopic (exact) mass is 345 g/mol. The van der Waals surface area contributed by atoms with E-state index in [-0.39, 0.29) is 18.4 Å². The first-order valence-corrected chi connectivity index (χ1v) is 8.21. The summed E-state index contributed by atoms with van der Waals surface area (Å²) in [5, 5.41) is 7.92. The van der Waals surface area contributed by atoms with Crippen LogP contribution in [0.4, 0.5) is 5.69 Å². The van der Waals surface area contributed by atoms with Crippen LogP contribution in [0.3, 0.4) is 0 Å². The van der Waals surface area contributed by atoms with Gasteiger partial charge in [-0.05, 0) is 37.5 Å². The lowest BCUT2D eigenvalue weighted by molar-refractivity contribution is -0.128. The molecule has 0 radical (unpaired) electrons. The van der Waals surface area contributed by atoms with Gasteiger partial charge in [0.25, 0.3) is 0 Å². The number of hydrogen-bond acceptors (Lipinski definition) is 4. The summed E-state index contributed by atoms with van der Waals surface area (Å²) in [5.41, 5.74) is 1.43. The molecule has 0 bridgehead atoms. The number of anilines is 1. The maximum Gasteiger partial charge on any atom is 0.246 e. The molecule has 0 saturated carbocycles. The van der Waals surface area contributed by atoms with Gasteiger partial charge in [0.05, 0.1) is 19.3 Å². The molecule has 1 aromatic carbocycles. The number of amides is 3. The highest BCUT2D eigenvalue weighted by atomic mass is 16.5. The summed E-state index contributed by atoms with van der Waals surface area (Å²) in [6.07, 6.45) is 5.60. The summed E-state index contributed by atoms with van der Waals surface area (Å²) in [7, 11) is 1.55. The Morgan fingerprint density at radius 2 is 1.96 bits per heavy atom. The summed E-state index contributed by atoms with van der Waals surface area (Å²) in [6.45, 7) is 1.44. The zero-order valence-corrected chi connectivity index (χ0v) is 14.4. The summed E-state index contributed by atoms with van der Waals surface area (Å²) in [4.78, 5) is 35.8. The molecule has 1 atom stereocenters. The van der Waals surface area contributed by atoms with Crippen LogP contribution in [0, 0.1) is 0 Å². The van der Waals surface area contributed by atoms with E-state index in [0.717, 1.165) is 12.0 Å². The van der Waals surface area contributed by atoms with Crippen LogP contribution in [-0.2, 0) is 14.4 Å². The van der Waals surface area contributed by atoms with Crippen molar-refractivity contribution in [3.63, 3.8) is 0 Å². The van der Waals surface area contributed by atoms with E-state index in [1.54, 1.807) is 20.1 Å². The molecular formula is C18H23N3O4. The smallest absolute Gasteiger partial charge is 0.246 e. The molecule has 1 heterocycles. The third kappa shape index (κ3) is 5.63. The third-order valence-electron chi connectivity index (χ3n) is 3.81. The Hall–Kier alpha value is -2.83. The molecule has 25 heavy (non-hydrogen) atoms. The van der Waals surface area contributed by atoms with E-state index >= 15 is 0 Å². The molecule has 1 aromatic rings. The zero-order chi connectivity index (χ0) is 18.2. The minimum Gasteiger partial charge on any atom is -0.497 e. The van der Waals surface area contributed by atoms with E-state index in [1.807, 2.05) is 24.3 Å². The molecule has 7 nitrogen and oxygen atoms in total. The highest BCUT2D eigenvalue weighted by Crippen LogP contribution is 2.24. The number of ether oxygens (including phenoxy) is 1. The second-order valence-corrected chi connectivity index (χ2v) is 5.80. The van der Waals surface area contributed by atoms with Gasteiger partial charge in [0.15, 0.2) is 0 Å². The van der Waals surface area contributed by atoms with Gasteiger partial charge in [-0.2, -0.15) is 0 Å². The maximum absolute atomic E-state index is 12.3. The fourth-order valence-corrected chi connectivity index (χ4v) is 2.37. The van der Waals surface area contributed by atoms with Gasteiger partial charge in [-0.25, -0.2) is 0 Å². The van der Waals surface area contributed by atoms with Crippen molar-refractivity contribution < 1.29 is 19.1 Å². The second-order valence-electron chi connectivity index (χ2n) is 5.80. The van der Waals surface area contributed by atoms with Gasteiger partial charge in [0, 0.05) is 12.5 Å². The van der Waals surface area contributed by atoms with E-state index in [1.165, 1.54) is 0 Å². The molecule has 0 spiro atoms. The van der Waals surface area contributed by atoms with Crippen LogP contribution >= 0.6 is 0 Å². The van der Waals surface area contributed by atoms with E-state index in [2.05, 4.69) is 16.0 Å². The van der Waals surface area contributed by atoms with Crippen molar-refractivity contribution in [1.82, 2.24) is 10.6 Å². The van der Waals surface area contributed by atoms with Crippen LogP contribution in [0.1, 0.15) is 31.7 Å². The second kappa shape index (κ2) is 8.86. The number of hydrogen-bond donors (Lipinski definition) is 3. The quantitative estimate of drug-likeness (QED) is 0.718. The topological polar surface area (TPSA) is 96.5 Å². The predicted molar refractivity (Wildman–Crippen MR) is 95.1 cm³/mol. The van der Waals surface area contributed by atoms with Crippen LogP contribution < -0.4 is 20.7 Å². The lowest BCUT2D eigenvalue weighted by atomic mass is 10.1. The molecule has 1 aliphatic heterocycles. The van der Waals surface area contributed by atoms with Crippen LogP contribution in [0.25, 0.3) is 6.08 Å². The minimum atomic E-state index is -0.738. The Morgan fingerprint density at radius 1 is 1.16 bits per heavy atom. The van der Waals surface area contributed by atoms with Crippen molar-refractivity contribution in [2.75, 3.05) is 19.0 Å². The van der Waals surface area contributed by atoms with Crippen molar-refractivity contribution in [2.45, 2.75) is 32.2 Å². The van der Waals surface area contributed by atoms with E-state index in [0.29, 0.717) is 24.3 Å². The van der Waals surface area contributed by atoms with Gasteiger partial charge < -0.3 is 20.7 Å². The van der Waals surface area contributed by atoms with E-state index in [9.17, 15) is 14.4 Å². The van der Waals surface area contributed by atoms with E-state index in [4.69, 9.17) is 4.74 Å². The fourth-order valence-electron chi connectivity index (χ4n) is 2.37. The average Bonchev–Trinajstić information content (AvgIpc) is 2.60. The molecule has 0 saturated heterocycles. The van der Waals surface area contributed by atoms with Gasteiger partial charge in [0.2, 0.25) is 17.7 Å². The lowest BCUT2D eigenvalue weighted by Crippen LogP contribution is -2.45. The highest BCUT2D eigenvalue weighted by molar-refractivity contribution is 5.99. The van der Waals surface area contributed by atoms with Crippen LogP contribution in [-0.4, -0.2) is 37.4 Å². The molecule has 7 heteroatoms. The molecule has 0 aromatic heterocycles. The largest absolute Gasteiger partial charge is 0.497 e. The zero-order valence-electron chi connectivity index (χ0n) is 14.4. The first kappa shape index (κ1) is 18.5. The summed E-state index contributed by atoms with van der Waals surface area (Å²) < 4.78 is 5.21. The van der Waals surface area contributed by atoms with Gasteiger partial charge >= 0.3 is 0 Å². The summed E-state index contributed by atoms with van der Waals surface area (Å²) in [6, 6.07) is 4.65. The standard InChI is InChI=1S/C18H23N3O4/c1-12-18(24)21-15-10-14(25-2)9-8-13(15)6-4-3-5-7-16(22)19-11-17(23)20-12/h4,6,8-10,12H,3,5,7,11H2,1-2H3,(H,19,22)(H,20,23)(H,21,24)/b6-4+/t12-/m1/s1. The molecule has 3 N–H and O–H groups in total. The predicted octanol–water partition coefficient (Wildman–Crippen LogP) is 1.45. The Balaban J connectivity index is 2.25. The Morgan fingerprint density at radius 3 is 2.72 bits per heavy atom. The van der Waals surface area contributed by atoms with Crippen molar-refractivity contribution in [3.8, 4) is 5.75 Å². The molecule has 2 rings (SSSR count). The summed E-state index contributed by atoms with van der Waals surface area (Å²) in [5.74, 6) is -0.315. The van der Waals surface area contributed by atoms with Crippen molar-refractivity contribution >= 4 is 29.5 Å². The Bertz CT molecular complexity index is 685. The van der Waals surface area contributed by atoms with Crippen molar-refractivity contribution in [2.24, 2.45) is 0 Å². The van der Waals surface area contributed by atoms with Crippen molar-refractivity contribution in [3.05, 3.63) is 29.8 Å². The minimum absolute atomic E-state index is 0.142. The Kier molecular flexibility index (Phi) is 6.56. The fraction of sp³-hybridized carbons (Fsp3) is 0.389. The normalized spacial score (nSPS) is 20.9. The van der Waals surface area contributed by atoms with Crippen LogP contribution in [0.5, 0.6) is 5.75 Å². The molecule has 1 aliphatic rings. The SMILES string of the molecule is COc1ccc2c(c1)NC(=O)[C@@H](C)NC(=O)CNC(=O)CCC/C=C/2. The van der Waals surface area contributed by atoms with Crippen LogP contribution in [0.15, 0.2) is 24.3 Å². The first-order valence-electron chi connectivity index (χ1n) is 8.21. The average molecular weight is 345 g/mol. The molecular weight excluding hydrogens is 322 g/mol. The highest BCUT2D eigenvalue weighted by Gasteiger charge is 2.17.